The van der Waals surface area contributed by atoms with E-state index in [1.54, 1.807) is 12.5 Å². The van der Waals surface area contributed by atoms with Crippen molar-refractivity contribution in [3.8, 4) is 0 Å². The Balaban J connectivity index is 2.11. The topological polar surface area (TPSA) is 50.7 Å². The van der Waals surface area contributed by atoms with Crippen molar-refractivity contribution in [2.45, 2.75) is 19.9 Å². The quantitative estimate of drug-likeness (QED) is 0.852. The van der Waals surface area contributed by atoms with Gasteiger partial charge in [-0.2, -0.15) is 0 Å². The Morgan fingerprint density at radius 3 is 2.75 bits per heavy atom. The number of pyridine rings is 1. The molecule has 0 aliphatic heterocycles. The molecule has 0 spiro atoms. The van der Waals surface area contributed by atoms with Gasteiger partial charge >= 0.3 is 0 Å². The number of aryl methyl sites for hydroxylation is 1. The fourth-order valence-corrected chi connectivity index (χ4v) is 1.46. The van der Waals surface area contributed by atoms with Crippen LogP contribution in [0.3, 0.4) is 0 Å². The van der Waals surface area contributed by atoms with Crippen LogP contribution in [0.1, 0.15) is 24.4 Å². The summed E-state index contributed by atoms with van der Waals surface area (Å²) in [5.41, 5.74) is 1.95. The van der Waals surface area contributed by atoms with Crippen LogP contribution in [0.2, 0.25) is 0 Å². The molecule has 0 saturated carbocycles. The lowest BCUT2D eigenvalue weighted by molar-refractivity contribution is 0.829. The summed E-state index contributed by atoms with van der Waals surface area (Å²) in [5.74, 6) is 0.825. The van der Waals surface area contributed by atoms with Gasteiger partial charge in [0.1, 0.15) is 12.1 Å². The number of hydrogen-bond donors (Lipinski definition) is 1. The lowest BCUT2D eigenvalue weighted by atomic mass is 10.2. The fourth-order valence-electron chi connectivity index (χ4n) is 1.46. The average molecular weight is 214 g/mol. The number of aromatic nitrogens is 3. The summed E-state index contributed by atoms with van der Waals surface area (Å²) >= 11 is 0. The van der Waals surface area contributed by atoms with Crippen LogP contribution in [0.4, 0.5) is 5.82 Å². The number of hydrogen-bond acceptors (Lipinski definition) is 4. The highest BCUT2D eigenvalue weighted by Gasteiger charge is 2.06. The van der Waals surface area contributed by atoms with E-state index in [1.165, 1.54) is 0 Å². The van der Waals surface area contributed by atoms with Crippen molar-refractivity contribution in [1.29, 1.82) is 0 Å². The van der Waals surface area contributed by atoms with E-state index in [2.05, 4.69) is 27.2 Å². The fraction of sp³-hybridized carbons (Fsp3) is 0.250. The van der Waals surface area contributed by atoms with Crippen molar-refractivity contribution < 1.29 is 0 Å². The summed E-state index contributed by atoms with van der Waals surface area (Å²) in [6.07, 6.45) is 3.35. The van der Waals surface area contributed by atoms with Gasteiger partial charge in [-0.05, 0) is 26.0 Å². The predicted octanol–water partition coefficient (Wildman–Crippen LogP) is 2.35. The molecular formula is C12H14N4. The van der Waals surface area contributed by atoms with Crippen molar-refractivity contribution in [3.05, 3.63) is 48.2 Å². The third-order valence-electron chi connectivity index (χ3n) is 2.30. The Bertz CT molecular complexity index is 456. The summed E-state index contributed by atoms with van der Waals surface area (Å²) in [5, 5.41) is 3.29. The van der Waals surface area contributed by atoms with Gasteiger partial charge in [0.15, 0.2) is 0 Å². The van der Waals surface area contributed by atoms with E-state index < -0.39 is 0 Å². The molecule has 16 heavy (non-hydrogen) atoms. The summed E-state index contributed by atoms with van der Waals surface area (Å²) in [6, 6.07) is 7.93. The number of anilines is 1. The highest BCUT2D eigenvalue weighted by Crippen LogP contribution is 2.14. The maximum atomic E-state index is 4.29. The molecule has 4 heteroatoms. The largest absolute Gasteiger partial charge is 0.362 e. The van der Waals surface area contributed by atoms with Crippen LogP contribution in [-0.4, -0.2) is 15.0 Å². The van der Waals surface area contributed by atoms with Crippen LogP contribution in [-0.2, 0) is 0 Å². The second kappa shape index (κ2) is 4.70. The zero-order chi connectivity index (χ0) is 11.4. The van der Waals surface area contributed by atoms with E-state index in [4.69, 9.17) is 0 Å². The minimum absolute atomic E-state index is 0.135. The van der Waals surface area contributed by atoms with E-state index in [1.807, 2.05) is 31.2 Å². The van der Waals surface area contributed by atoms with Crippen LogP contribution in [0.15, 0.2) is 36.8 Å². The SMILES string of the molecule is Cc1cc(NC(C)c2ccccn2)ncn1. The highest BCUT2D eigenvalue weighted by molar-refractivity contribution is 5.36. The molecule has 1 atom stereocenters. The first-order valence-electron chi connectivity index (χ1n) is 5.22. The van der Waals surface area contributed by atoms with Crippen molar-refractivity contribution >= 4 is 5.82 Å². The Morgan fingerprint density at radius 1 is 1.19 bits per heavy atom. The van der Waals surface area contributed by atoms with Crippen LogP contribution in [0.25, 0.3) is 0 Å². The van der Waals surface area contributed by atoms with Crippen molar-refractivity contribution in [2.75, 3.05) is 5.32 Å². The molecule has 0 radical (unpaired) electrons. The molecular weight excluding hydrogens is 200 g/mol. The van der Waals surface area contributed by atoms with Gasteiger partial charge in [-0.3, -0.25) is 4.98 Å². The Hall–Kier alpha value is -1.97. The highest BCUT2D eigenvalue weighted by atomic mass is 15.0. The van der Waals surface area contributed by atoms with Gasteiger partial charge in [-0.25, -0.2) is 9.97 Å². The van der Waals surface area contributed by atoms with E-state index in [9.17, 15) is 0 Å². The molecule has 0 saturated heterocycles. The molecule has 2 heterocycles. The second-order valence-corrected chi connectivity index (χ2v) is 3.67. The monoisotopic (exact) mass is 214 g/mol. The zero-order valence-corrected chi connectivity index (χ0v) is 9.38. The van der Waals surface area contributed by atoms with Gasteiger partial charge in [0, 0.05) is 18.0 Å². The van der Waals surface area contributed by atoms with Crippen molar-refractivity contribution in [3.63, 3.8) is 0 Å². The van der Waals surface area contributed by atoms with Crippen LogP contribution in [0.5, 0.6) is 0 Å². The number of nitrogens with zero attached hydrogens (tertiary/aromatic N) is 3. The molecule has 2 aromatic rings. The van der Waals surface area contributed by atoms with Gasteiger partial charge < -0.3 is 5.32 Å². The standard InChI is InChI=1S/C12H14N4/c1-9-7-12(15-8-14-9)16-10(2)11-5-3-4-6-13-11/h3-8,10H,1-2H3,(H,14,15,16). The van der Waals surface area contributed by atoms with Gasteiger partial charge in [0.05, 0.1) is 11.7 Å². The van der Waals surface area contributed by atoms with E-state index in [0.717, 1.165) is 17.2 Å². The summed E-state index contributed by atoms with van der Waals surface area (Å²) in [6.45, 7) is 4.00. The molecule has 0 fully saturated rings. The summed E-state index contributed by atoms with van der Waals surface area (Å²) in [4.78, 5) is 12.5. The smallest absolute Gasteiger partial charge is 0.130 e. The molecule has 0 amide bonds. The Kier molecular flexibility index (Phi) is 3.10. The average Bonchev–Trinajstić information content (AvgIpc) is 2.30. The number of nitrogens with one attached hydrogen (secondary N) is 1. The van der Waals surface area contributed by atoms with Crippen LogP contribution in [0, 0.1) is 6.92 Å². The zero-order valence-electron chi connectivity index (χ0n) is 9.38. The molecule has 0 aromatic carbocycles. The molecule has 2 aromatic heterocycles. The molecule has 82 valence electrons. The molecule has 0 aliphatic carbocycles. The van der Waals surface area contributed by atoms with Gasteiger partial charge in [0.25, 0.3) is 0 Å². The first-order valence-corrected chi connectivity index (χ1v) is 5.22. The van der Waals surface area contributed by atoms with Crippen LogP contribution >= 0.6 is 0 Å². The van der Waals surface area contributed by atoms with Crippen molar-refractivity contribution in [2.24, 2.45) is 0 Å². The molecule has 4 nitrogen and oxygen atoms in total. The maximum Gasteiger partial charge on any atom is 0.130 e. The van der Waals surface area contributed by atoms with Gasteiger partial charge in [-0.1, -0.05) is 6.07 Å². The minimum Gasteiger partial charge on any atom is -0.362 e. The van der Waals surface area contributed by atoms with Crippen LogP contribution < -0.4 is 5.32 Å². The molecule has 0 aliphatic rings. The summed E-state index contributed by atoms with van der Waals surface area (Å²) < 4.78 is 0. The second-order valence-electron chi connectivity index (χ2n) is 3.67. The van der Waals surface area contributed by atoms with Crippen molar-refractivity contribution in [1.82, 2.24) is 15.0 Å². The van der Waals surface area contributed by atoms with Gasteiger partial charge in [0.2, 0.25) is 0 Å². The third-order valence-corrected chi connectivity index (χ3v) is 2.30. The third kappa shape index (κ3) is 2.53. The van der Waals surface area contributed by atoms with E-state index >= 15 is 0 Å². The summed E-state index contributed by atoms with van der Waals surface area (Å²) in [7, 11) is 0. The predicted molar refractivity (Wildman–Crippen MR) is 63.0 cm³/mol. The maximum absolute atomic E-state index is 4.29. The first-order chi connectivity index (χ1) is 7.75. The number of rotatable bonds is 3. The molecule has 1 N–H and O–H groups in total. The van der Waals surface area contributed by atoms with Gasteiger partial charge in [-0.15, -0.1) is 0 Å². The first kappa shape index (κ1) is 10.5. The molecule has 2 rings (SSSR count). The van der Waals surface area contributed by atoms with E-state index in [-0.39, 0.29) is 6.04 Å². The molecule has 0 bridgehead atoms. The Labute approximate surface area is 94.8 Å². The Morgan fingerprint density at radius 2 is 2.06 bits per heavy atom. The molecule has 1 unspecified atom stereocenters. The normalized spacial score (nSPS) is 12.1. The van der Waals surface area contributed by atoms with E-state index in [0.29, 0.717) is 0 Å². The lowest BCUT2D eigenvalue weighted by Gasteiger charge is -2.13. The lowest BCUT2D eigenvalue weighted by Crippen LogP contribution is -2.09. The minimum atomic E-state index is 0.135.